The maximum atomic E-state index is 12.1. The summed E-state index contributed by atoms with van der Waals surface area (Å²) in [7, 11) is 0. The number of carbonyl (C=O) groups excluding carboxylic acids is 1. The molecule has 2 atom stereocenters. The van der Waals surface area contributed by atoms with Crippen molar-refractivity contribution in [2.24, 2.45) is 5.92 Å². The minimum atomic E-state index is -0.698. The molecule has 0 aliphatic rings. The number of amides is 1. The number of alkyl carbamates (subject to hydrolysis) is 1. The van der Waals surface area contributed by atoms with Crippen LogP contribution < -0.4 is 10.6 Å². The van der Waals surface area contributed by atoms with E-state index in [0.717, 1.165) is 12.1 Å². The summed E-state index contributed by atoms with van der Waals surface area (Å²) >= 11 is 0. The van der Waals surface area contributed by atoms with Crippen LogP contribution in [0.1, 0.15) is 40.2 Å². The van der Waals surface area contributed by atoms with Gasteiger partial charge in [-0.25, -0.2) is 4.79 Å². The molecule has 0 saturated carbocycles. The van der Waals surface area contributed by atoms with Crippen LogP contribution in [-0.4, -0.2) is 42.0 Å². The first-order valence-electron chi connectivity index (χ1n) is 8.59. The lowest BCUT2D eigenvalue weighted by molar-refractivity contribution is 0.0422. The molecule has 1 amide bonds. The standard InChI is InChI=1S/C19H32N2O3/c1-14(2)12-20-13-17(22)16(11-15-9-7-6-8-10-15)21-18(23)24-19(3,4)5/h6-10,14,16-17,20,22H,11-13H2,1-5H3,(H,21,23)/t16-,17-/m0/s1. The number of nitrogens with one attached hydrogen (secondary N) is 2. The summed E-state index contributed by atoms with van der Waals surface area (Å²) in [5, 5.41) is 16.5. The molecule has 5 heteroatoms. The molecular formula is C19H32N2O3. The average Bonchev–Trinajstić information content (AvgIpc) is 2.45. The topological polar surface area (TPSA) is 70.6 Å². The fourth-order valence-corrected chi connectivity index (χ4v) is 2.27. The van der Waals surface area contributed by atoms with E-state index in [1.165, 1.54) is 0 Å². The third-order valence-electron chi connectivity index (χ3n) is 3.37. The number of hydrogen-bond donors (Lipinski definition) is 3. The molecule has 0 aromatic heterocycles. The van der Waals surface area contributed by atoms with Crippen LogP contribution in [0.2, 0.25) is 0 Å². The van der Waals surface area contributed by atoms with Crippen molar-refractivity contribution in [1.29, 1.82) is 0 Å². The molecule has 0 aliphatic heterocycles. The molecular weight excluding hydrogens is 304 g/mol. The summed E-state index contributed by atoms with van der Waals surface area (Å²) in [4.78, 5) is 12.1. The highest BCUT2D eigenvalue weighted by atomic mass is 16.6. The highest BCUT2D eigenvalue weighted by Gasteiger charge is 2.24. The largest absolute Gasteiger partial charge is 0.444 e. The summed E-state index contributed by atoms with van der Waals surface area (Å²) < 4.78 is 5.32. The first-order chi connectivity index (χ1) is 11.2. The van der Waals surface area contributed by atoms with Gasteiger partial charge in [-0.1, -0.05) is 44.2 Å². The van der Waals surface area contributed by atoms with E-state index in [0.29, 0.717) is 18.9 Å². The van der Waals surface area contributed by atoms with Crippen LogP contribution in [0.5, 0.6) is 0 Å². The second-order valence-corrected chi connectivity index (χ2v) is 7.56. The Hall–Kier alpha value is -1.59. The van der Waals surface area contributed by atoms with Gasteiger partial charge >= 0.3 is 6.09 Å². The van der Waals surface area contributed by atoms with Crippen LogP contribution in [0.15, 0.2) is 30.3 Å². The first-order valence-corrected chi connectivity index (χ1v) is 8.59. The first kappa shape index (κ1) is 20.5. The fraction of sp³-hybridized carbons (Fsp3) is 0.632. The van der Waals surface area contributed by atoms with E-state index in [4.69, 9.17) is 4.74 Å². The van der Waals surface area contributed by atoms with E-state index in [2.05, 4.69) is 24.5 Å². The second-order valence-electron chi connectivity index (χ2n) is 7.56. The van der Waals surface area contributed by atoms with Crippen molar-refractivity contribution in [1.82, 2.24) is 10.6 Å². The Bertz CT molecular complexity index is 483. The Morgan fingerprint density at radius 2 is 1.79 bits per heavy atom. The van der Waals surface area contributed by atoms with Crippen LogP contribution in [0.3, 0.4) is 0 Å². The van der Waals surface area contributed by atoms with Gasteiger partial charge in [0, 0.05) is 6.54 Å². The van der Waals surface area contributed by atoms with Crippen LogP contribution in [-0.2, 0) is 11.2 Å². The van der Waals surface area contributed by atoms with Gasteiger partial charge in [0.05, 0.1) is 12.1 Å². The zero-order chi connectivity index (χ0) is 18.2. The lowest BCUT2D eigenvalue weighted by atomic mass is 10.0. The average molecular weight is 336 g/mol. The SMILES string of the molecule is CC(C)CNC[C@H](O)[C@H](Cc1ccccc1)NC(=O)OC(C)(C)C. The Kier molecular flexibility index (Phi) is 8.22. The molecule has 1 aromatic rings. The number of aliphatic hydroxyl groups is 1. The molecule has 0 fully saturated rings. The lowest BCUT2D eigenvalue weighted by Crippen LogP contribution is -2.50. The zero-order valence-electron chi connectivity index (χ0n) is 15.5. The number of aliphatic hydroxyl groups excluding tert-OH is 1. The van der Waals surface area contributed by atoms with Gasteiger partial charge in [-0.2, -0.15) is 0 Å². The molecule has 1 rings (SSSR count). The smallest absolute Gasteiger partial charge is 0.407 e. The summed E-state index contributed by atoms with van der Waals surface area (Å²) in [6.07, 6.45) is -0.659. The van der Waals surface area contributed by atoms with E-state index in [1.807, 2.05) is 51.1 Å². The molecule has 0 saturated heterocycles. The molecule has 24 heavy (non-hydrogen) atoms. The summed E-state index contributed by atoms with van der Waals surface area (Å²) in [6, 6.07) is 9.39. The van der Waals surface area contributed by atoms with Crippen LogP contribution in [0.4, 0.5) is 4.79 Å². The Morgan fingerprint density at radius 3 is 2.33 bits per heavy atom. The van der Waals surface area contributed by atoms with E-state index in [-0.39, 0.29) is 0 Å². The van der Waals surface area contributed by atoms with Gasteiger partial charge in [-0.15, -0.1) is 0 Å². The molecule has 0 unspecified atom stereocenters. The number of ether oxygens (including phenoxy) is 1. The number of carbonyl (C=O) groups is 1. The highest BCUT2D eigenvalue weighted by Crippen LogP contribution is 2.10. The maximum absolute atomic E-state index is 12.1. The van der Waals surface area contributed by atoms with Crippen molar-refractivity contribution in [3.8, 4) is 0 Å². The minimum absolute atomic E-state index is 0.415. The van der Waals surface area contributed by atoms with Gasteiger partial charge in [0.15, 0.2) is 0 Å². The molecule has 5 nitrogen and oxygen atoms in total. The Balaban J connectivity index is 2.69. The predicted octanol–water partition coefficient (Wildman–Crippen LogP) is 2.73. The molecule has 0 radical (unpaired) electrons. The molecule has 136 valence electrons. The minimum Gasteiger partial charge on any atom is -0.444 e. The maximum Gasteiger partial charge on any atom is 0.407 e. The van der Waals surface area contributed by atoms with Crippen LogP contribution in [0, 0.1) is 5.92 Å². The van der Waals surface area contributed by atoms with Gasteiger partial charge in [0.1, 0.15) is 5.60 Å². The van der Waals surface area contributed by atoms with Gasteiger partial charge in [-0.05, 0) is 45.2 Å². The summed E-state index contributed by atoms with van der Waals surface area (Å²) in [5.74, 6) is 0.503. The quantitative estimate of drug-likeness (QED) is 0.683. The number of hydrogen-bond acceptors (Lipinski definition) is 4. The third-order valence-corrected chi connectivity index (χ3v) is 3.37. The van der Waals surface area contributed by atoms with Crippen molar-refractivity contribution in [2.45, 2.75) is 58.8 Å². The van der Waals surface area contributed by atoms with Gasteiger partial charge in [0.2, 0.25) is 0 Å². The second kappa shape index (κ2) is 9.64. The molecule has 0 spiro atoms. The van der Waals surface area contributed by atoms with Gasteiger partial charge in [-0.3, -0.25) is 0 Å². The zero-order valence-corrected chi connectivity index (χ0v) is 15.5. The van der Waals surface area contributed by atoms with E-state index < -0.39 is 23.8 Å². The summed E-state index contributed by atoms with van der Waals surface area (Å²) in [5.41, 5.74) is 0.490. The van der Waals surface area contributed by atoms with Crippen LogP contribution in [0.25, 0.3) is 0 Å². The fourth-order valence-electron chi connectivity index (χ4n) is 2.27. The monoisotopic (exact) mass is 336 g/mol. The summed E-state index contributed by atoms with van der Waals surface area (Å²) in [6.45, 7) is 10.9. The number of rotatable bonds is 8. The molecule has 0 heterocycles. The number of benzene rings is 1. The third kappa shape index (κ3) is 8.89. The molecule has 0 aliphatic carbocycles. The Labute approximate surface area is 145 Å². The van der Waals surface area contributed by atoms with E-state index in [9.17, 15) is 9.90 Å². The molecule has 1 aromatic carbocycles. The highest BCUT2D eigenvalue weighted by molar-refractivity contribution is 5.68. The van der Waals surface area contributed by atoms with Crippen molar-refractivity contribution in [3.05, 3.63) is 35.9 Å². The predicted molar refractivity (Wildman–Crippen MR) is 97.0 cm³/mol. The van der Waals surface area contributed by atoms with Crippen molar-refractivity contribution >= 4 is 6.09 Å². The van der Waals surface area contributed by atoms with Gasteiger partial charge < -0.3 is 20.5 Å². The Morgan fingerprint density at radius 1 is 1.17 bits per heavy atom. The lowest BCUT2D eigenvalue weighted by Gasteiger charge is -2.27. The van der Waals surface area contributed by atoms with Crippen molar-refractivity contribution in [3.63, 3.8) is 0 Å². The molecule has 0 bridgehead atoms. The normalized spacial score (nSPS) is 14.3. The van der Waals surface area contributed by atoms with Crippen molar-refractivity contribution < 1.29 is 14.6 Å². The van der Waals surface area contributed by atoms with Crippen LogP contribution >= 0.6 is 0 Å². The van der Waals surface area contributed by atoms with E-state index >= 15 is 0 Å². The molecule has 3 N–H and O–H groups in total. The van der Waals surface area contributed by atoms with Crippen molar-refractivity contribution in [2.75, 3.05) is 13.1 Å². The van der Waals surface area contributed by atoms with Gasteiger partial charge in [0.25, 0.3) is 0 Å². The van der Waals surface area contributed by atoms with E-state index in [1.54, 1.807) is 0 Å².